The van der Waals surface area contributed by atoms with Gasteiger partial charge in [-0.25, -0.2) is 0 Å². The van der Waals surface area contributed by atoms with Crippen molar-refractivity contribution in [2.75, 3.05) is 13.6 Å². The van der Waals surface area contributed by atoms with Crippen LogP contribution < -0.4 is 5.32 Å². The van der Waals surface area contributed by atoms with Crippen LogP contribution in [0.15, 0.2) is 42.5 Å². The molecule has 1 aliphatic heterocycles. The molecule has 5 heteroatoms. The molecular weight excluding hydrogens is 316 g/mol. The van der Waals surface area contributed by atoms with E-state index in [9.17, 15) is 14.7 Å². The zero-order chi connectivity index (χ0) is 17.8. The van der Waals surface area contributed by atoms with Crippen LogP contribution in [0.1, 0.15) is 37.3 Å². The number of rotatable bonds is 5. The molecule has 2 N–H and O–H groups in total. The van der Waals surface area contributed by atoms with Crippen LogP contribution in [0.3, 0.4) is 0 Å². The lowest BCUT2D eigenvalue weighted by atomic mass is 9.98. The number of carboxylic acid groups (broad SMARTS) is 1. The maximum absolute atomic E-state index is 12.7. The SMILES string of the molecule is CN1CCCC[C@H]1C(=O)N[C@@H](CC(=O)O)c1ccc2ccccc2c1. The number of benzene rings is 2. The molecule has 1 amide bonds. The van der Waals surface area contributed by atoms with Gasteiger partial charge in [0.2, 0.25) is 5.91 Å². The van der Waals surface area contributed by atoms with Gasteiger partial charge in [-0.2, -0.15) is 0 Å². The number of likely N-dealkylation sites (N-methyl/N-ethyl adjacent to an activating group) is 1. The molecule has 0 spiro atoms. The van der Waals surface area contributed by atoms with Gasteiger partial charge in [0, 0.05) is 0 Å². The Morgan fingerprint density at radius 3 is 2.68 bits per heavy atom. The average molecular weight is 340 g/mol. The zero-order valence-corrected chi connectivity index (χ0v) is 14.4. The number of aliphatic carboxylic acids is 1. The summed E-state index contributed by atoms with van der Waals surface area (Å²) < 4.78 is 0. The van der Waals surface area contributed by atoms with Gasteiger partial charge in [0.15, 0.2) is 0 Å². The van der Waals surface area contributed by atoms with Crippen LogP contribution in [0.5, 0.6) is 0 Å². The van der Waals surface area contributed by atoms with Crippen molar-refractivity contribution in [3.05, 3.63) is 48.0 Å². The van der Waals surface area contributed by atoms with Gasteiger partial charge >= 0.3 is 5.97 Å². The fraction of sp³-hybridized carbons (Fsp3) is 0.400. The summed E-state index contributed by atoms with van der Waals surface area (Å²) in [5.74, 6) is -1.00. The van der Waals surface area contributed by atoms with Crippen LogP contribution in [-0.2, 0) is 9.59 Å². The molecule has 132 valence electrons. The second-order valence-electron chi connectivity index (χ2n) is 6.76. The Labute approximate surface area is 147 Å². The van der Waals surface area contributed by atoms with E-state index < -0.39 is 12.0 Å². The van der Waals surface area contributed by atoms with Gasteiger partial charge in [-0.05, 0) is 48.8 Å². The quantitative estimate of drug-likeness (QED) is 0.878. The summed E-state index contributed by atoms with van der Waals surface area (Å²) in [7, 11) is 1.95. The maximum Gasteiger partial charge on any atom is 0.305 e. The number of carboxylic acids is 1. The summed E-state index contributed by atoms with van der Waals surface area (Å²) in [5.41, 5.74) is 0.827. The number of piperidine rings is 1. The fourth-order valence-electron chi connectivity index (χ4n) is 3.53. The molecule has 1 aliphatic rings. The number of hydrogen-bond donors (Lipinski definition) is 2. The molecule has 0 radical (unpaired) electrons. The Kier molecular flexibility index (Phi) is 5.34. The number of nitrogens with one attached hydrogen (secondary N) is 1. The van der Waals surface area contributed by atoms with Gasteiger partial charge in [0.25, 0.3) is 0 Å². The summed E-state index contributed by atoms with van der Waals surface area (Å²) in [4.78, 5) is 26.1. The van der Waals surface area contributed by atoms with Crippen LogP contribution in [-0.4, -0.2) is 41.5 Å². The minimum Gasteiger partial charge on any atom is -0.481 e. The topological polar surface area (TPSA) is 69.6 Å². The predicted octanol–water partition coefficient (Wildman–Crippen LogP) is 2.96. The number of amides is 1. The van der Waals surface area contributed by atoms with E-state index in [2.05, 4.69) is 10.2 Å². The highest BCUT2D eigenvalue weighted by molar-refractivity contribution is 5.85. The van der Waals surface area contributed by atoms with E-state index in [1.165, 1.54) is 0 Å². The summed E-state index contributed by atoms with van der Waals surface area (Å²) in [6, 6.07) is 13.1. The Bertz CT molecular complexity index is 774. The number of hydrogen-bond acceptors (Lipinski definition) is 3. The molecule has 3 rings (SSSR count). The van der Waals surface area contributed by atoms with E-state index in [4.69, 9.17) is 0 Å². The lowest BCUT2D eigenvalue weighted by molar-refractivity contribution is -0.138. The molecule has 0 saturated carbocycles. The standard InChI is InChI=1S/C20H24N2O3/c1-22-11-5-4-8-18(22)20(25)21-17(13-19(23)24)16-10-9-14-6-2-3-7-15(14)12-16/h2-3,6-7,9-10,12,17-18H,4-5,8,11,13H2,1H3,(H,21,25)(H,23,24)/t17-,18-/m0/s1. The second kappa shape index (κ2) is 7.66. The largest absolute Gasteiger partial charge is 0.481 e. The van der Waals surface area contributed by atoms with E-state index >= 15 is 0 Å². The van der Waals surface area contributed by atoms with Crippen molar-refractivity contribution in [1.82, 2.24) is 10.2 Å². The van der Waals surface area contributed by atoms with Crippen molar-refractivity contribution < 1.29 is 14.7 Å². The van der Waals surface area contributed by atoms with Crippen molar-refractivity contribution in [1.29, 1.82) is 0 Å². The normalized spacial score (nSPS) is 19.5. The Hall–Kier alpha value is -2.40. The lowest BCUT2D eigenvalue weighted by Crippen LogP contribution is -2.48. The number of carbonyl (C=O) groups is 2. The monoisotopic (exact) mass is 340 g/mol. The van der Waals surface area contributed by atoms with E-state index in [0.29, 0.717) is 0 Å². The fourth-order valence-corrected chi connectivity index (χ4v) is 3.53. The second-order valence-corrected chi connectivity index (χ2v) is 6.76. The van der Waals surface area contributed by atoms with Crippen molar-refractivity contribution >= 4 is 22.6 Å². The first-order valence-corrected chi connectivity index (χ1v) is 8.75. The number of nitrogens with zero attached hydrogens (tertiary/aromatic N) is 1. The van der Waals surface area contributed by atoms with Gasteiger partial charge in [-0.1, -0.05) is 42.8 Å². The van der Waals surface area contributed by atoms with Gasteiger partial charge in [-0.15, -0.1) is 0 Å². The van der Waals surface area contributed by atoms with Crippen LogP contribution in [0.4, 0.5) is 0 Å². The Balaban J connectivity index is 1.82. The minimum atomic E-state index is -0.921. The number of carbonyl (C=O) groups excluding carboxylic acids is 1. The van der Waals surface area contributed by atoms with E-state index in [0.717, 1.165) is 42.1 Å². The third-order valence-corrected chi connectivity index (χ3v) is 4.94. The smallest absolute Gasteiger partial charge is 0.305 e. The first-order chi connectivity index (χ1) is 12.0. The van der Waals surface area contributed by atoms with E-state index in [1.807, 2.05) is 49.5 Å². The summed E-state index contributed by atoms with van der Waals surface area (Å²) in [6.07, 6.45) is 2.83. The molecule has 2 atom stereocenters. The molecule has 1 saturated heterocycles. The van der Waals surface area contributed by atoms with E-state index in [-0.39, 0.29) is 18.4 Å². The first kappa shape index (κ1) is 17.4. The lowest BCUT2D eigenvalue weighted by Gasteiger charge is -2.32. The third kappa shape index (κ3) is 4.17. The van der Waals surface area contributed by atoms with Gasteiger partial charge in [0.1, 0.15) is 0 Å². The maximum atomic E-state index is 12.7. The van der Waals surface area contributed by atoms with Crippen molar-refractivity contribution in [3.8, 4) is 0 Å². The van der Waals surface area contributed by atoms with Crippen molar-refractivity contribution in [2.45, 2.75) is 37.8 Å². The van der Waals surface area contributed by atoms with Crippen LogP contribution >= 0.6 is 0 Å². The Morgan fingerprint density at radius 2 is 1.96 bits per heavy atom. The molecule has 0 bridgehead atoms. The van der Waals surface area contributed by atoms with Crippen LogP contribution in [0.25, 0.3) is 10.8 Å². The molecule has 2 aromatic rings. The molecular formula is C20H24N2O3. The molecule has 1 fully saturated rings. The van der Waals surface area contributed by atoms with Gasteiger partial charge in [0.05, 0.1) is 18.5 Å². The summed E-state index contributed by atoms with van der Waals surface area (Å²) in [5, 5.41) is 14.4. The first-order valence-electron chi connectivity index (χ1n) is 8.75. The summed E-state index contributed by atoms with van der Waals surface area (Å²) in [6.45, 7) is 0.900. The molecule has 2 aromatic carbocycles. The Morgan fingerprint density at radius 1 is 1.20 bits per heavy atom. The average Bonchev–Trinajstić information content (AvgIpc) is 2.60. The molecule has 1 heterocycles. The summed E-state index contributed by atoms with van der Waals surface area (Å²) >= 11 is 0. The highest BCUT2D eigenvalue weighted by Crippen LogP contribution is 2.24. The van der Waals surface area contributed by atoms with Gasteiger partial charge in [-0.3, -0.25) is 14.5 Å². The van der Waals surface area contributed by atoms with E-state index in [1.54, 1.807) is 0 Å². The third-order valence-electron chi connectivity index (χ3n) is 4.94. The predicted molar refractivity (Wildman–Crippen MR) is 97.4 cm³/mol. The van der Waals surface area contributed by atoms with Crippen LogP contribution in [0, 0.1) is 0 Å². The van der Waals surface area contributed by atoms with Crippen LogP contribution in [0.2, 0.25) is 0 Å². The number of likely N-dealkylation sites (tertiary alicyclic amines) is 1. The molecule has 0 aromatic heterocycles. The molecule has 5 nitrogen and oxygen atoms in total. The highest BCUT2D eigenvalue weighted by atomic mass is 16.4. The molecule has 0 unspecified atom stereocenters. The number of fused-ring (bicyclic) bond motifs is 1. The van der Waals surface area contributed by atoms with Crippen molar-refractivity contribution in [2.24, 2.45) is 0 Å². The highest BCUT2D eigenvalue weighted by Gasteiger charge is 2.28. The molecule has 0 aliphatic carbocycles. The minimum absolute atomic E-state index is 0.0818. The van der Waals surface area contributed by atoms with Gasteiger partial charge < -0.3 is 10.4 Å². The zero-order valence-electron chi connectivity index (χ0n) is 14.4. The van der Waals surface area contributed by atoms with Crippen molar-refractivity contribution in [3.63, 3.8) is 0 Å². The molecule has 25 heavy (non-hydrogen) atoms.